The third-order valence-electron chi connectivity index (χ3n) is 3.92. The fourth-order valence-electron chi connectivity index (χ4n) is 3.00. The first-order valence-electron chi connectivity index (χ1n) is 6.05. The average molecular weight is 236 g/mol. The minimum Gasteiger partial charge on any atom is -0.326 e. The van der Waals surface area contributed by atoms with Crippen LogP contribution in [0.2, 0.25) is 0 Å². The fourth-order valence-corrected chi connectivity index (χ4v) is 3.00. The third kappa shape index (κ3) is 2.51. The molecule has 16 heavy (non-hydrogen) atoms. The van der Waals surface area contributed by atoms with Gasteiger partial charge < -0.3 is 5.73 Å². The van der Waals surface area contributed by atoms with Gasteiger partial charge in [-0.3, -0.25) is 4.90 Å². The van der Waals surface area contributed by atoms with E-state index in [0.29, 0.717) is 6.42 Å². The molecule has 0 radical (unpaired) electrons. The van der Waals surface area contributed by atoms with E-state index in [4.69, 9.17) is 5.73 Å². The maximum atomic E-state index is 12.6. The van der Waals surface area contributed by atoms with E-state index in [0.717, 1.165) is 25.8 Å². The van der Waals surface area contributed by atoms with Crippen LogP contribution in [0.4, 0.5) is 13.2 Å². The summed E-state index contributed by atoms with van der Waals surface area (Å²) < 4.78 is 37.9. The zero-order chi connectivity index (χ0) is 11.8. The first kappa shape index (κ1) is 12.2. The zero-order valence-electron chi connectivity index (χ0n) is 9.34. The molecule has 1 saturated carbocycles. The van der Waals surface area contributed by atoms with Crippen LogP contribution in [-0.4, -0.2) is 36.2 Å². The minimum atomic E-state index is -4.04. The molecular formula is C11H19F3N2. The van der Waals surface area contributed by atoms with Crippen LogP contribution in [0.15, 0.2) is 0 Å². The molecule has 2 aliphatic rings. The molecule has 1 aliphatic carbocycles. The number of alkyl halides is 3. The summed E-state index contributed by atoms with van der Waals surface area (Å²) in [7, 11) is 0. The van der Waals surface area contributed by atoms with Gasteiger partial charge in [0.2, 0.25) is 0 Å². The number of hydrogen-bond acceptors (Lipinski definition) is 2. The second-order valence-electron chi connectivity index (χ2n) is 5.04. The molecule has 3 atom stereocenters. The number of hydrogen-bond donors (Lipinski definition) is 1. The predicted molar refractivity (Wildman–Crippen MR) is 56.0 cm³/mol. The molecule has 2 fully saturated rings. The highest BCUT2D eigenvalue weighted by Gasteiger charge is 2.43. The Hall–Kier alpha value is -0.290. The van der Waals surface area contributed by atoms with E-state index in [1.807, 2.05) is 4.90 Å². The standard InChI is InChI=1S/C11H19F3N2/c12-11(13,14)8-3-2-6-16(7-8)10-5-1-4-9(10)15/h8-10H,1-7,15H2. The first-order chi connectivity index (χ1) is 7.48. The van der Waals surface area contributed by atoms with E-state index >= 15 is 0 Å². The van der Waals surface area contributed by atoms with Gasteiger partial charge in [0, 0.05) is 18.6 Å². The highest BCUT2D eigenvalue weighted by Crippen LogP contribution is 2.35. The Kier molecular flexibility index (Phi) is 3.45. The Morgan fingerprint density at radius 2 is 1.81 bits per heavy atom. The second-order valence-corrected chi connectivity index (χ2v) is 5.04. The number of nitrogens with zero attached hydrogens (tertiary/aromatic N) is 1. The van der Waals surface area contributed by atoms with Crippen molar-refractivity contribution in [1.82, 2.24) is 4.90 Å². The molecule has 0 aromatic heterocycles. The van der Waals surface area contributed by atoms with Crippen molar-refractivity contribution in [3.63, 3.8) is 0 Å². The van der Waals surface area contributed by atoms with Crippen LogP contribution < -0.4 is 5.73 Å². The highest BCUT2D eigenvalue weighted by atomic mass is 19.4. The summed E-state index contributed by atoms with van der Waals surface area (Å²) in [6, 6.07) is 0.261. The Bertz CT molecular complexity index is 242. The van der Waals surface area contributed by atoms with Gasteiger partial charge in [-0.2, -0.15) is 13.2 Å². The number of halogens is 3. The zero-order valence-corrected chi connectivity index (χ0v) is 9.34. The highest BCUT2D eigenvalue weighted by molar-refractivity contribution is 4.91. The molecule has 5 heteroatoms. The molecule has 0 aromatic carbocycles. The van der Waals surface area contributed by atoms with Gasteiger partial charge in [-0.15, -0.1) is 0 Å². The van der Waals surface area contributed by atoms with Gasteiger partial charge in [-0.1, -0.05) is 6.42 Å². The molecule has 2 nitrogen and oxygen atoms in total. The molecule has 0 spiro atoms. The van der Waals surface area contributed by atoms with Gasteiger partial charge in [-0.05, 0) is 32.2 Å². The van der Waals surface area contributed by atoms with Crippen molar-refractivity contribution in [2.75, 3.05) is 13.1 Å². The lowest BCUT2D eigenvalue weighted by Gasteiger charge is -2.38. The van der Waals surface area contributed by atoms with Crippen LogP contribution in [0.25, 0.3) is 0 Å². The van der Waals surface area contributed by atoms with Crippen molar-refractivity contribution in [3.8, 4) is 0 Å². The van der Waals surface area contributed by atoms with Crippen LogP contribution >= 0.6 is 0 Å². The fraction of sp³-hybridized carbons (Fsp3) is 1.00. The van der Waals surface area contributed by atoms with Crippen LogP contribution in [-0.2, 0) is 0 Å². The van der Waals surface area contributed by atoms with Gasteiger partial charge in [-0.25, -0.2) is 0 Å². The van der Waals surface area contributed by atoms with Gasteiger partial charge in [0.15, 0.2) is 0 Å². The molecule has 1 heterocycles. The molecule has 0 bridgehead atoms. The van der Waals surface area contributed by atoms with Crippen molar-refractivity contribution >= 4 is 0 Å². The van der Waals surface area contributed by atoms with E-state index in [-0.39, 0.29) is 25.0 Å². The molecule has 1 saturated heterocycles. The van der Waals surface area contributed by atoms with Gasteiger partial charge in [0.25, 0.3) is 0 Å². The van der Waals surface area contributed by atoms with E-state index in [1.54, 1.807) is 0 Å². The van der Waals surface area contributed by atoms with Gasteiger partial charge in [0.05, 0.1) is 5.92 Å². The molecule has 3 unspecified atom stereocenters. The third-order valence-corrected chi connectivity index (χ3v) is 3.92. The van der Waals surface area contributed by atoms with E-state index < -0.39 is 12.1 Å². The number of nitrogens with two attached hydrogens (primary N) is 1. The topological polar surface area (TPSA) is 29.3 Å². The second kappa shape index (κ2) is 4.53. The SMILES string of the molecule is NC1CCCC1N1CCCC(C(F)(F)F)C1. The van der Waals surface area contributed by atoms with Gasteiger partial charge in [0.1, 0.15) is 0 Å². The molecule has 2 N–H and O–H groups in total. The Balaban J connectivity index is 1.96. The smallest absolute Gasteiger partial charge is 0.326 e. The van der Waals surface area contributed by atoms with Crippen LogP contribution in [0.5, 0.6) is 0 Å². The molecular weight excluding hydrogens is 217 g/mol. The van der Waals surface area contributed by atoms with Crippen molar-refractivity contribution in [2.24, 2.45) is 11.7 Å². The maximum Gasteiger partial charge on any atom is 0.393 e. The number of likely N-dealkylation sites (tertiary alicyclic amines) is 1. The van der Waals surface area contributed by atoms with Crippen molar-refractivity contribution in [1.29, 1.82) is 0 Å². The van der Waals surface area contributed by atoms with Gasteiger partial charge >= 0.3 is 6.18 Å². The minimum absolute atomic E-state index is 0.0759. The summed E-state index contributed by atoms with van der Waals surface area (Å²) in [5, 5.41) is 0. The summed E-state index contributed by atoms with van der Waals surface area (Å²) in [6.45, 7) is 0.937. The lowest BCUT2D eigenvalue weighted by Crippen LogP contribution is -2.51. The molecule has 0 aromatic rings. The summed E-state index contributed by atoms with van der Waals surface area (Å²) >= 11 is 0. The normalized spacial score (nSPS) is 37.9. The van der Waals surface area contributed by atoms with Crippen molar-refractivity contribution in [3.05, 3.63) is 0 Å². The monoisotopic (exact) mass is 236 g/mol. The largest absolute Gasteiger partial charge is 0.393 e. The summed E-state index contributed by atoms with van der Waals surface area (Å²) in [6.07, 6.45) is -0.140. The van der Waals surface area contributed by atoms with E-state index in [1.165, 1.54) is 0 Å². The average Bonchev–Trinajstić information content (AvgIpc) is 2.63. The summed E-state index contributed by atoms with van der Waals surface area (Å²) in [5.74, 6) is -1.14. The van der Waals surface area contributed by atoms with E-state index in [2.05, 4.69) is 0 Å². The quantitative estimate of drug-likeness (QED) is 0.755. The van der Waals surface area contributed by atoms with Crippen LogP contribution in [0.3, 0.4) is 0 Å². The Labute approximate surface area is 94.0 Å². The number of piperidine rings is 1. The summed E-state index contributed by atoms with van der Waals surface area (Å²) in [4.78, 5) is 1.97. The number of rotatable bonds is 1. The van der Waals surface area contributed by atoms with Crippen LogP contribution in [0, 0.1) is 5.92 Å². The van der Waals surface area contributed by atoms with Crippen molar-refractivity contribution in [2.45, 2.75) is 50.4 Å². The predicted octanol–water partition coefficient (Wildman–Crippen LogP) is 2.14. The van der Waals surface area contributed by atoms with Crippen LogP contribution in [0.1, 0.15) is 32.1 Å². The molecule has 94 valence electrons. The summed E-state index contributed by atoms with van der Waals surface area (Å²) in [5.41, 5.74) is 5.94. The van der Waals surface area contributed by atoms with E-state index in [9.17, 15) is 13.2 Å². The maximum absolute atomic E-state index is 12.6. The molecule has 1 aliphatic heterocycles. The first-order valence-corrected chi connectivity index (χ1v) is 6.05. The molecule has 2 rings (SSSR count). The molecule has 0 amide bonds. The Morgan fingerprint density at radius 1 is 1.06 bits per heavy atom. The lowest BCUT2D eigenvalue weighted by molar-refractivity contribution is -0.188. The lowest BCUT2D eigenvalue weighted by atomic mass is 9.95. The van der Waals surface area contributed by atoms with Crippen molar-refractivity contribution < 1.29 is 13.2 Å². The Morgan fingerprint density at radius 3 is 2.38 bits per heavy atom.